The predicted molar refractivity (Wildman–Crippen MR) is 80.8 cm³/mol. The van der Waals surface area contributed by atoms with Gasteiger partial charge in [0.15, 0.2) is 6.10 Å². The van der Waals surface area contributed by atoms with E-state index in [-0.39, 0.29) is 5.91 Å². The second-order valence-corrected chi connectivity index (χ2v) is 4.68. The number of anilines is 2. The summed E-state index contributed by atoms with van der Waals surface area (Å²) in [6.07, 6.45) is -0.574. The molecule has 0 heterocycles. The standard InChI is InChI=1S/C16H18N2O2/c1-11-3-9-15(10-4-11)20-12(2)16(19)18-14-7-5-13(17)6-8-14/h3-10,12H,17H2,1-2H3,(H,18,19)/t12-/m1/s1. The first-order valence-electron chi connectivity index (χ1n) is 6.44. The van der Waals surface area contributed by atoms with Crippen molar-refractivity contribution in [1.82, 2.24) is 0 Å². The molecule has 20 heavy (non-hydrogen) atoms. The monoisotopic (exact) mass is 270 g/mol. The minimum Gasteiger partial charge on any atom is -0.481 e. The van der Waals surface area contributed by atoms with Crippen molar-refractivity contribution in [3.8, 4) is 5.75 Å². The molecule has 0 saturated heterocycles. The molecule has 0 radical (unpaired) electrons. The van der Waals surface area contributed by atoms with E-state index in [2.05, 4.69) is 5.32 Å². The first-order chi connectivity index (χ1) is 9.54. The fraction of sp³-hybridized carbons (Fsp3) is 0.188. The van der Waals surface area contributed by atoms with Crippen molar-refractivity contribution in [2.24, 2.45) is 0 Å². The van der Waals surface area contributed by atoms with Crippen LogP contribution in [0, 0.1) is 6.92 Å². The Morgan fingerprint density at radius 1 is 1.10 bits per heavy atom. The number of benzene rings is 2. The number of carbonyl (C=O) groups is 1. The van der Waals surface area contributed by atoms with E-state index in [1.807, 2.05) is 31.2 Å². The van der Waals surface area contributed by atoms with Crippen LogP contribution in [0.25, 0.3) is 0 Å². The molecule has 2 rings (SSSR count). The van der Waals surface area contributed by atoms with Gasteiger partial charge in [0.2, 0.25) is 0 Å². The van der Waals surface area contributed by atoms with Crippen LogP contribution in [0.3, 0.4) is 0 Å². The Morgan fingerprint density at radius 3 is 2.30 bits per heavy atom. The zero-order valence-corrected chi connectivity index (χ0v) is 11.6. The van der Waals surface area contributed by atoms with E-state index >= 15 is 0 Å². The molecule has 0 spiro atoms. The predicted octanol–water partition coefficient (Wildman–Crippen LogP) is 2.98. The highest BCUT2D eigenvalue weighted by molar-refractivity contribution is 5.94. The Morgan fingerprint density at radius 2 is 1.70 bits per heavy atom. The zero-order valence-electron chi connectivity index (χ0n) is 11.6. The van der Waals surface area contributed by atoms with Gasteiger partial charge in [-0.05, 0) is 50.2 Å². The first kappa shape index (κ1) is 13.9. The minimum atomic E-state index is -0.574. The third-order valence-corrected chi connectivity index (χ3v) is 2.88. The van der Waals surface area contributed by atoms with E-state index in [9.17, 15) is 4.79 Å². The van der Waals surface area contributed by atoms with Crippen LogP contribution in [0.5, 0.6) is 5.75 Å². The molecule has 1 amide bonds. The Labute approximate surface area is 118 Å². The van der Waals surface area contributed by atoms with E-state index in [0.717, 1.165) is 5.56 Å². The number of hydrogen-bond acceptors (Lipinski definition) is 3. The van der Waals surface area contributed by atoms with Crippen molar-refractivity contribution < 1.29 is 9.53 Å². The summed E-state index contributed by atoms with van der Waals surface area (Å²) < 4.78 is 5.59. The lowest BCUT2D eigenvalue weighted by atomic mass is 10.2. The molecule has 104 valence electrons. The van der Waals surface area contributed by atoms with Gasteiger partial charge in [-0.15, -0.1) is 0 Å². The minimum absolute atomic E-state index is 0.199. The smallest absolute Gasteiger partial charge is 0.265 e. The molecule has 3 N–H and O–H groups in total. The Hall–Kier alpha value is -2.49. The lowest BCUT2D eigenvalue weighted by Gasteiger charge is -2.15. The summed E-state index contributed by atoms with van der Waals surface area (Å²) in [5.74, 6) is 0.478. The van der Waals surface area contributed by atoms with E-state index < -0.39 is 6.10 Å². The number of amides is 1. The maximum atomic E-state index is 12.0. The van der Waals surface area contributed by atoms with Crippen LogP contribution < -0.4 is 15.8 Å². The van der Waals surface area contributed by atoms with Gasteiger partial charge in [-0.1, -0.05) is 17.7 Å². The maximum absolute atomic E-state index is 12.0. The molecule has 0 aromatic heterocycles. The van der Waals surface area contributed by atoms with Crippen LogP contribution in [0.2, 0.25) is 0 Å². The maximum Gasteiger partial charge on any atom is 0.265 e. The second-order valence-electron chi connectivity index (χ2n) is 4.68. The fourth-order valence-corrected chi connectivity index (χ4v) is 1.68. The average Bonchev–Trinajstić information content (AvgIpc) is 2.44. The summed E-state index contributed by atoms with van der Waals surface area (Å²) in [6, 6.07) is 14.6. The van der Waals surface area contributed by atoms with Gasteiger partial charge in [-0.3, -0.25) is 4.79 Å². The molecule has 4 heteroatoms. The van der Waals surface area contributed by atoms with Crippen molar-refractivity contribution in [3.63, 3.8) is 0 Å². The van der Waals surface area contributed by atoms with Crippen molar-refractivity contribution in [2.45, 2.75) is 20.0 Å². The van der Waals surface area contributed by atoms with Crippen molar-refractivity contribution in [3.05, 3.63) is 54.1 Å². The molecular formula is C16H18N2O2. The van der Waals surface area contributed by atoms with E-state index in [0.29, 0.717) is 17.1 Å². The van der Waals surface area contributed by atoms with Gasteiger partial charge in [0.1, 0.15) is 5.75 Å². The molecule has 0 unspecified atom stereocenters. The highest BCUT2D eigenvalue weighted by atomic mass is 16.5. The molecule has 1 atom stereocenters. The van der Waals surface area contributed by atoms with E-state index in [1.54, 1.807) is 31.2 Å². The normalized spacial score (nSPS) is 11.7. The molecule has 0 fully saturated rings. The van der Waals surface area contributed by atoms with Crippen molar-refractivity contribution in [1.29, 1.82) is 0 Å². The number of nitrogens with two attached hydrogens (primary N) is 1. The number of carbonyl (C=O) groups excluding carboxylic acids is 1. The number of ether oxygens (including phenoxy) is 1. The van der Waals surface area contributed by atoms with Gasteiger partial charge in [0.05, 0.1) is 0 Å². The highest BCUT2D eigenvalue weighted by Crippen LogP contribution is 2.15. The SMILES string of the molecule is Cc1ccc(O[C@H](C)C(=O)Nc2ccc(N)cc2)cc1. The van der Waals surface area contributed by atoms with Crippen LogP contribution in [0.15, 0.2) is 48.5 Å². The number of aryl methyl sites for hydroxylation is 1. The van der Waals surface area contributed by atoms with Crippen molar-refractivity contribution in [2.75, 3.05) is 11.1 Å². The number of nitrogens with one attached hydrogen (secondary N) is 1. The zero-order chi connectivity index (χ0) is 14.5. The molecule has 0 saturated carbocycles. The number of nitrogen functional groups attached to an aromatic ring is 1. The van der Waals surface area contributed by atoms with Crippen LogP contribution in [0.4, 0.5) is 11.4 Å². The van der Waals surface area contributed by atoms with Crippen LogP contribution in [-0.4, -0.2) is 12.0 Å². The molecule has 0 aliphatic heterocycles. The number of hydrogen-bond donors (Lipinski definition) is 2. The molecule has 2 aromatic rings. The molecule has 2 aromatic carbocycles. The summed E-state index contributed by atoms with van der Waals surface area (Å²) in [5, 5.41) is 2.78. The average molecular weight is 270 g/mol. The van der Waals surface area contributed by atoms with Crippen molar-refractivity contribution >= 4 is 17.3 Å². The quantitative estimate of drug-likeness (QED) is 0.839. The molecule has 4 nitrogen and oxygen atoms in total. The van der Waals surface area contributed by atoms with E-state index in [1.165, 1.54) is 0 Å². The summed E-state index contributed by atoms with van der Waals surface area (Å²) >= 11 is 0. The molecule has 0 aliphatic carbocycles. The van der Waals surface area contributed by atoms with Crippen LogP contribution >= 0.6 is 0 Å². The van der Waals surface area contributed by atoms with Gasteiger partial charge < -0.3 is 15.8 Å². The lowest BCUT2D eigenvalue weighted by molar-refractivity contribution is -0.122. The Kier molecular flexibility index (Phi) is 4.25. The van der Waals surface area contributed by atoms with Crippen LogP contribution in [0.1, 0.15) is 12.5 Å². The molecular weight excluding hydrogens is 252 g/mol. The summed E-state index contributed by atoms with van der Waals surface area (Å²) in [5.41, 5.74) is 8.10. The van der Waals surface area contributed by atoms with Gasteiger partial charge >= 0.3 is 0 Å². The Balaban J connectivity index is 1.94. The highest BCUT2D eigenvalue weighted by Gasteiger charge is 2.14. The Bertz CT molecular complexity index is 576. The third-order valence-electron chi connectivity index (χ3n) is 2.88. The molecule has 0 bridgehead atoms. The fourth-order valence-electron chi connectivity index (χ4n) is 1.68. The summed E-state index contributed by atoms with van der Waals surface area (Å²) in [4.78, 5) is 12.0. The van der Waals surface area contributed by atoms with Gasteiger partial charge in [-0.25, -0.2) is 0 Å². The summed E-state index contributed by atoms with van der Waals surface area (Å²) in [6.45, 7) is 3.72. The van der Waals surface area contributed by atoms with Gasteiger partial charge in [0.25, 0.3) is 5.91 Å². The van der Waals surface area contributed by atoms with Gasteiger partial charge in [-0.2, -0.15) is 0 Å². The number of rotatable bonds is 4. The lowest BCUT2D eigenvalue weighted by Crippen LogP contribution is -2.30. The largest absolute Gasteiger partial charge is 0.481 e. The van der Waals surface area contributed by atoms with Gasteiger partial charge in [0, 0.05) is 11.4 Å². The van der Waals surface area contributed by atoms with Crippen LogP contribution in [-0.2, 0) is 4.79 Å². The first-order valence-corrected chi connectivity index (χ1v) is 6.44. The molecule has 0 aliphatic rings. The summed E-state index contributed by atoms with van der Waals surface area (Å²) in [7, 11) is 0. The van der Waals surface area contributed by atoms with E-state index in [4.69, 9.17) is 10.5 Å². The topological polar surface area (TPSA) is 64.3 Å². The third kappa shape index (κ3) is 3.75. The second kappa shape index (κ2) is 6.10.